The summed E-state index contributed by atoms with van der Waals surface area (Å²) in [4.78, 5) is 14.6. The van der Waals surface area contributed by atoms with Gasteiger partial charge in [0.25, 0.3) is 0 Å². The molecule has 4 nitrogen and oxygen atoms in total. The molecule has 138 valence electrons. The van der Waals surface area contributed by atoms with Gasteiger partial charge in [0.15, 0.2) is 0 Å². The Balaban J connectivity index is 1.68. The van der Waals surface area contributed by atoms with Gasteiger partial charge in [0.2, 0.25) is 0 Å². The van der Waals surface area contributed by atoms with Crippen molar-refractivity contribution in [3.8, 4) is 0 Å². The maximum atomic E-state index is 13.7. The number of carbonyl (C=O) groups is 1. The van der Waals surface area contributed by atoms with Crippen LogP contribution in [0.1, 0.15) is 34.7 Å². The zero-order chi connectivity index (χ0) is 19.0. The van der Waals surface area contributed by atoms with Gasteiger partial charge in [-0.25, -0.2) is 13.9 Å². The number of allylic oxidation sites excluding steroid dienone is 7. The molecule has 1 fully saturated rings. The van der Waals surface area contributed by atoms with Gasteiger partial charge < -0.3 is 10.0 Å². The maximum Gasteiger partial charge on any atom is 0.338 e. The number of hydrogen-bond donors (Lipinski definition) is 2. The van der Waals surface area contributed by atoms with Crippen molar-refractivity contribution in [1.82, 2.24) is 9.62 Å². The minimum atomic E-state index is -1.27. The van der Waals surface area contributed by atoms with Crippen LogP contribution in [0, 0.1) is 5.82 Å². The van der Waals surface area contributed by atoms with Gasteiger partial charge in [-0.15, -0.1) is 0 Å². The molecule has 0 bridgehead atoms. The van der Waals surface area contributed by atoms with Crippen molar-refractivity contribution in [1.29, 1.82) is 0 Å². The van der Waals surface area contributed by atoms with Gasteiger partial charge in [0.1, 0.15) is 5.82 Å². The van der Waals surface area contributed by atoms with Gasteiger partial charge in [0.05, 0.1) is 17.9 Å². The number of nitrogens with zero attached hydrogens (tertiary/aromatic N) is 1. The number of rotatable bonds is 3. The highest BCUT2D eigenvalue weighted by atomic mass is 32.2. The molecular weight excluding hydrogens is 363 g/mol. The highest BCUT2D eigenvalue weighted by Crippen LogP contribution is 2.42. The van der Waals surface area contributed by atoms with Crippen molar-refractivity contribution >= 4 is 17.9 Å². The lowest BCUT2D eigenvalue weighted by atomic mass is 9.86. The highest BCUT2D eigenvalue weighted by Gasteiger charge is 2.29. The fourth-order valence-electron chi connectivity index (χ4n) is 3.52. The van der Waals surface area contributed by atoms with Crippen molar-refractivity contribution in [2.75, 3.05) is 6.67 Å². The summed E-state index contributed by atoms with van der Waals surface area (Å²) in [5, 5.41) is 9.20. The second-order valence-corrected chi connectivity index (χ2v) is 7.55. The molecule has 1 unspecified atom stereocenters. The summed E-state index contributed by atoms with van der Waals surface area (Å²) in [6.07, 6.45) is 12.5. The largest absolute Gasteiger partial charge is 0.478 e. The fourth-order valence-corrected chi connectivity index (χ4v) is 4.35. The minimum Gasteiger partial charge on any atom is -0.478 e. The molecule has 3 aliphatic rings. The Morgan fingerprint density at radius 1 is 1.41 bits per heavy atom. The van der Waals surface area contributed by atoms with Crippen LogP contribution in [0.3, 0.4) is 0 Å². The first-order valence-corrected chi connectivity index (χ1v) is 9.54. The van der Waals surface area contributed by atoms with E-state index in [-0.39, 0.29) is 11.5 Å². The molecule has 4 rings (SSSR count). The third-order valence-corrected chi connectivity index (χ3v) is 5.74. The maximum absolute atomic E-state index is 13.7. The monoisotopic (exact) mass is 382 g/mol. The zero-order valence-electron chi connectivity index (χ0n) is 14.6. The second-order valence-electron chi connectivity index (χ2n) is 6.61. The van der Waals surface area contributed by atoms with E-state index in [1.165, 1.54) is 17.8 Å². The van der Waals surface area contributed by atoms with Crippen LogP contribution in [0.4, 0.5) is 4.39 Å². The summed E-state index contributed by atoms with van der Waals surface area (Å²) in [5.74, 6) is -2.18. The minimum absolute atomic E-state index is 0.183. The van der Waals surface area contributed by atoms with Crippen molar-refractivity contribution < 1.29 is 14.3 Å². The van der Waals surface area contributed by atoms with Crippen LogP contribution in [0.25, 0.3) is 0 Å². The van der Waals surface area contributed by atoms with Gasteiger partial charge in [-0.2, -0.15) is 0 Å². The van der Waals surface area contributed by atoms with Gasteiger partial charge in [-0.05, 0) is 60.2 Å². The van der Waals surface area contributed by atoms with E-state index >= 15 is 0 Å². The summed E-state index contributed by atoms with van der Waals surface area (Å²) in [6, 6.07) is 4.23. The van der Waals surface area contributed by atoms with Gasteiger partial charge in [-0.3, -0.25) is 0 Å². The molecule has 0 amide bonds. The van der Waals surface area contributed by atoms with Crippen LogP contribution >= 0.6 is 11.9 Å². The number of aromatic carboxylic acids is 1. The fraction of sp³-hybridized carbons (Fsp3) is 0.190. The topological polar surface area (TPSA) is 52.6 Å². The predicted molar refractivity (Wildman–Crippen MR) is 105 cm³/mol. The SMILES string of the molecule is C=C1C=C2C(=CC1c1ccc(F)c(C(=O)O)c1)SNCN2C1=CC=CCC1. The van der Waals surface area contributed by atoms with Crippen LogP contribution in [0.5, 0.6) is 0 Å². The molecule has 1 heterocycles. The third kappa shape index (κ3) is 3.38. The van der Waals surface area contributed by atoms with E-state index in [2.05, 4.69) is 46.6 Å². The first kappa shape index (κ1) is 17.8. The Kier molecular flexibility index (Phi) is 4.76. The number of hydrogen-bond acceptors (Lipinski definition) is 4. The Labute approximate surface area is 161 Å². The van der Waals surface area contributed by atoms with Gasteiger partial charge >= 0.3 is 5.97 Å². The smallest absolute Gasteiger partial charge is 0.338 e. The van der Waals surface area contributed by atoms with E-state index in [0.717, 1.165) is 34.6 Å². The van der Waals surface area contributed by atoms with Crippen molar-refractivity contribution in [2.45, 2.75) is 18.8 Å². The molecule has 0 saturated carbocycles. The van der Waals surface area contributed by atoms with Crippen LogP contribution in [-0.4, -0.2) is 22.6 Å². The van der Waals surface area contributed by atoms with E-state index < -0.39 is 11.8 Å². The molecule has 0 aromatic heterocycles. The highest BCUT2D eigenvalue weighted by molar-refractivity contribution is 8.01. The number of halogens is 1. The van der Waals surface area contributed by atoms with E-state index in [4.69, 9.17) is 0 Å². The van der Waals surface area contributed by atoms with Crippen LogP contribution in [0.2, 0.25) is 0 Å². The van der Waals surface area contributed by atoms with Crippen LogP contribution < -0.4 is 4.72 Å². The average molecular weight is 382 g/mol. The molecule has 1 saturated heterocycles. The van der Waals surface area contributed by atoms with E-state index in [1.807, 2.05) is 0 Å². The molecule has 27 heavy (non-hydrogen) atoms. The molecule has 1 aromatic carbocycles. The summed E-state index contributed by atoms with van der Waals surface area (Å²) < 4.78 is 17.1. The van der Waals surface area contributed by atoms with Crippen molar-refractivity contribution in [2.24, 2.45) is 0 Å². The quantitative estimate of drug-likeness (QED) is 0.743. The molecule has 2 aliphatic carbocycles. The molecule has 1 aromatic rings. The molecule has 0 spiro atoms. The summed E-state index contributed by atoms with van der Waals surface area (Å²) in [5.41, 5.74) is 3.62. The second kappa shape index (κ2) is 7.21. The molecule has 0 radical (unpaired) electrons. The molecular formula is C21H19FN2O2S. The van der Waals surface area contributed by atoms with E-state index in [0.29, 0.717) is 6.67 Å². The Hall–Kier alpha value is -2.57. The van der Waals surface area contributed by atoms with E-state index in [1.54, 1.807) is 18.0 Å². The number of fused-ring (bicyclic) bond motifs is 1. The molecule has 6 heteroatoms. The number of nitrogens with one attached hydrogen (secondary N) is 1. The number of carboxylic acid groups (broad SMARTS) is 1. The standard InChI is InChI=1S/C21H19FN2O2S/c1-13-9-19-20(27-23-12-24(19)15-5-3-2-4-6-15)11-16(13)14-7-8-18(22)17(10-14)21(25)26/h2-3,5,7-11,16,23H,1,4,6,12H2,(H,25,26). The third-order valence-electron chi connectivity index (χ3n) is 4.91. The first-order valence-electron chi connectivity index (χ1n) is 8.73. The normalized spacial score (nSPS) is 22.0. The summed E-state index contributed by atoms with van der Waals surface area (Å²) >= 11 is 1.55. The zero-order valence-corrected chi connectivity index (χ0v) is 15.4. The lowest BCUT2D eigenvalue weighted by Crippen LogP contribution is -2.36. The van der Waals surface area contributed by atoms with Crippen molar-refractivity contribution in [3.05, 3.63) is 94.0 Å². The summed E-state index contributed by atoms with van der Waals surface area (Å²) in [6.45, 7) is 4.90. The Morgan fingerprint density at radius 2 is 2.26 bits per heavy atom. The molecule has 2 N–H and O–H groups in total. The lowest BCUT2D eigenvalue weighted by molar-refractivity contribution is 0.0691. The Morgan fingerprint density at radius 3 is 3.00 bits per heavy atom. The molecule has 1 aliphatic heterocycles. The number of carboxylic acids is 1. The van der Waals surface area contributed by atoms with E-state index in [9.17, 15) is 14.3 Å². The van der Waals surface area contributed by atoms with Crippen LogP contribution in [-0.2, 0) is 0 Å². The van der Waals surface area contributed by atoms with Crippen LogP contribution in [0.15, 0.2) is 77.0 Å². The van der Waals surface area contributed by atoms with Gasteiger partial charge in [0, 0.05) is 16.5 Å². The average Bonchev–Trinajstić information content (AvgIpc) is 2.68. The number of benzene rings is 1. The Bertz CT molecular complexity index is 946. The van der Waals surface area contributed by atoms with Crippen molar-refractivity contribution in [3.63, 3.8) is 0 Å². The first-order chi connectivity index (χ1) is 13.0. The van der Waals surface area contributed by atoms with Gasteiger partial charge in [-0.1, -0.05) is 30.9 Å². The molecule has 1 atom stereocenters. The predicted octanol–water partition coefficient (Wildman–Crippen LogP) is 4.69. The summed E-state index contributed by atoms with van der Waals surface area (Å²) in [7, 11) is 0. The lowest BCUT2D eigenvalue weighted by Gasteiger charge is -2.38.